The largest absolute Gasteiger partial charge is 0.341 e. The number of rotatable bonds is 1. The van der Waals surface area contributed by atoms with Crippen LogP contribution in [0.5, 0.6) is 0 Å². The molecule has 2 aliphatic rings. The van der Waals surface area contributed by atoms with Gasteiger partial charge in [0, 0.05) is 28.2 Å². The molecule has 4 heteroatoms. The highest BCUT2D eigenvalue weighted by atomic mass is 15.3. The molecule has 0 aliphatic carbocycles. The molecule has 0 bridgehead atoms. The maximum absolute atomic E-state index is 2.32. The van der Waals surface area contributed by atoms with Crippen molar-refractivity contribution in [2.45, 2.75) is 13.8 Å². The average molecular weight is 447 g/mol. The maximum atomic E-state index is 2.32. The highest BCUT2D eigenvalue weighted by Gasteiger charge is 2.26. The molecule has 4 aromatic rings. The summed E-state index contributed by atoms with van der Waals surface area (Å²) in [5.74, 6) is 0. The van der Waals surface area contributed by atoms with E-state index in [1.165, 1.54) is 67.8 Å². The third-order valence-electron chi connectivity index (χ3n) is 7.44. The van der Waals surface area contributed by atoms with Gasteiger partial charge in [0.25, 0.3) is 0 Å². The second-order valence-electron chi connectivity index (χ2n) is 9.63. The van der Waals surface area contributed by atoms with Crippen LogP contribution in [0.25, 0.3) is 11.1 Å². The Kier molecular flexibility index (Phi) is 4.43. The van der Waals surface area contributed by atoms with Crippen LogP contribution in [0.2, 0.25) is 0 Å². The molecule has 0 aromatic heterocycles. The minimum Gasteiger partial charge on any atom is -0.341 e. The normalized spacial score (nSPS) is 13.9. The van der Waals surface area contributed by atoms with Crippen LogP contribution < -0.4 is 19.6 Å². The van der Waals surface area contributed by atoms with Crippen molar-refractivity contribution in [1.82, 2.24) is 0 Å². The van der Waals surface area contributed by atoms with Gasteiger partial charge in [-0.05, 0) is 84.6 Å². The molecule has 0 N–H and O–H groups in total. The lowest BCUT2D eigenvalue weighted by molar-refractivity contribution is 1.09. The summed E-state index contributed by atoms with van der Waals surface area (Å²) in [5, 5.41) is 0. The van der Waals surface area contributed by atoms with Crippen LogP contribution in [0.15, 0.2) is 72.8 Å². The summed E-state index contributed by atoms with van der Waals surface area (Å²) in [6.07, 6.45) is 0. The monoisotopic (exact) mass is 446 g/mol. The lowest BCUT2D eigenvalue weighted by Gasteiger charge is -2.38. The molecule has 6 rings (SSSR count). The van der Waals surface area contributed by atoms with Gasteiger partial charge in [0.2, 0.25) is 0 Å². The molecular formula is C30H30N4. The Hall–Kier alpha value is -3.92. The second kappa shape index (κ2) is 7.29. The van der Waals surface area contributed by atoms with E-state index >= 15 is 0 Å². The van der Waals surface area contributed by atoms with Crippen molar-refractivity contribution in [2.75, 3.05) is 47.8 Å². The topological polar surface area (TPSA) is 13.0 Å². The summed E-state index contributed by atoms with van der Waals surface area (Å²) < 4.78 is 0. The number of hydrogen-bond acceptors (Lipinski definition) is 4. The van der Waals surface area contributed by atoms with Crippen molar-refractivity contribution in [3.63, 3.8) is 0 Å². The SMILES string of the molecule is Cc1ccc2c(c1)N(C)c1ccc(-c3ccc4c(c3)N(C)c3cc(C)ccc3N4C)cc1N2C. The molecule has 4 nitrogen and oxygen atoms in total. The van der Waals surface area contributed by atoms with Gasteiger partial charge in [0.1, 0.15) is 0 Å². The molecule has 0 radical (unpaired) electrons. The lowest BCUT2D eigenvalue weighted by Crippen LogP contribution is -2.24. The number of fused-ring (bicyclic) bond motifs is 4. The predicted octanol–water partition coefficient (Wildman–Crippen LogP) is 7.67. The van der Waals surface area contributed by atoms with E-state index in [1.807, 2.05) is 0 Å². The Labute approximate surface area is 202 Å². The molecule has 170 valence electrons. The highest BCUT2D eigenvalue weighted by Crippen LogP contribution is 2.50. The minimum atomic E-state index is 1.22. The van der Waals surface area contributed by atoms with Crippen LogP contribution in [0.1, 0.15) is 11.1 Å². The molecule has 0 saturated carbocycles. The molecule has 2 heterocycles. The van der Waals surface area contributed by atoms with E-state index in [4.69, 9.17) is 0 Å². The van der Waals surface area contributed by atoms with Crippen LogP contribution in [0, 0.1) is 13.8 Å². The molecule has 0 fully saturated rings. The van der Waals surface area contributed by atoms with Crippen LogP contribution in [-0.2, 0) is 0 Å². The van der Waals surface area contributed by atoms with Crippen LogP contribution in [0.3, 0.4) is 0 Å². The van der Waals surface area contributed by atoms with Crippen molar-refractivity contribution in [1.29, 1.82) is 0 Å². The number of hydrogen-bond donors (Lipinski definition) is 0. The summed E-state index contributed by atoms with van der Waals surface area (Å²) in [6, 6.07) is 27.0. The van der Waals surface area contributed by atoms with Gasteiger partial charge < -0.3 is 19.6 Å². The fraction of sp³-hybridized carbons (Fsp3) is 0.200. The van der Waals surface area contributed by atoms with Crippen molar-refractivity contribution < 1.29 is 0 Å². The van der Waals surface area contributed by atoms with Gasteiger partial charge >= 0.3 is 0 Å². The Bertz CT molecular complexity index is 1450. The van der Waals surface area contributed by atoms with Crippen molar-refractivity contribution in [3.05, 3.63) is 83.9 Å². The standard InChI is InChI=1S/C30H30N4/c1-19-8-12-24-27(15-19)32(4)26-14-10-21(17-29(26)33(24)5)22-9-13-25-30(18-22)34(6)28-16-20(2)7-11-23(28)31(25)3/h7-18H,1-6H3. The first-order chi connectivity index (χ1) is 16.3. The molecule has 2 aliphatic heterocycles. The second-order valence-corrected chi connectivity index (χ2v) is 9.63. The van der Waals surface area contributed by atoms with Gasteiger partial charge in [0.15, 0.2) is 0 Å². The molecule has 0 atom stereocenters. The first-order valence-corrected chi connectivity index (χ1v) is 11.8. The number of aryl methyl sites for hydroxylation is 2. The van der Waals surface area contributed by atoms with E-state index in [2.05, 4.69) is 134 Å². The Balaban J connectivity index is 1.43. The molecule has 4 aromatic carbocycles. The summed E-state index contributed by atoms with van der Waals surface area (Å²) >= 11 is 0. The van der Waals surface area contributed by atoms with E-state index < -0.39 is 0 Å². The van der Waals surface area contributed by atoms with Crippen molar-refractivity contribution >= 4 is 45.5 Å². The quantitative estimate of drug-likeness (QED) is 0.297. The first-order valence-electron chi connectivity index (χ1n) is 11.8. The molecule has 0 spiro atoms. The van der Waals surface area contributed by atoms with Gasteiger partial charge in [-0.15, -0.1) is 0 Å². The summed E-state index contributed by atoms with van der Waals surface area (Å²) in [7, 11) is 8.65. The first kappa shape index (κ1) is 20.7. The fourth-order valence-corrected chi connectivity index (χ4v) is 5.40. The number of nitrogens with zero attached hydrogens (tertiary/aromatic N) is 4. The van der Waals surface area contributed by atoms with E-state index in [0.717, 1.165) is 0 Å². The summed E-state index contributed by atoms with van der Waals surface area (Å²) in [5.41, 5.74) is 14.9. The lowest BCUT2D eigenvalue weighted by atomic mass is 9.98. The summed E-state index contributed by atoms with van der Waals surface area (Å²) in [4.78, 5) is 9.22. The maximum Gasteiger partial charge on any atom is 0.0656 e. The van der Waals surface area contributed by atoms with Gasteiger partial charge in [0.05, 0.1) is 45.5 Å². The number of benzene rings is 4. The molecule has 0 unspecified atom stereocenters. The molecule has 0 saturated heterocycles. The van der Waals surface area contributed by atoms with E-state index in [1.54, 1.807) is 0 Å². The van der Waals surface area contributed by atoms with Crippen LogP contribution >= 0.6 is 0 Å². The van der Waals surface area contributed by atoms with Crippen molar-refractivity contribution in [2.24, 2.45) is 0 Å². The van der Waals surface area contributed by atoms with Gasteiger partial charge in [-0.25, -0.2) is 0 Å². The van der Waals surface area contributed by atoms with Crippen molar-refractivity contribution in [3.8, 4) is 11.1 Å². The zero-order valence-electron chi connectivity index (χ0n) is 20.7. The molecule has 34 heavy (non-hydrogen) atoms. The third-order valence-corrected chi connectivity index (χ3v) is 7.44. The van der Waals surface area contributed by atoms with Gasteiger partial charge in [-0.3, -0.25) is 0 Å². The Morgan fingerprint density at radius 3 is 1.06 bits per heavy atom. The van der Waals surface area contributed by atoms with Crippen LogP contribution in [-0.4, -0.2) is 28.2 Å². The van der Waals surface area contributed by atoms with E-state index in [-0.39, 0.29) is 0 Å². The Morgan fingerprint density at radius 2 is 0.647 bits per heavy atom. The average Bonchev–Trinajstić information content (AvgIpc) is 2.85. The third kappa shape index (κ3) is 2.91. The van der Waals surface area contributed by atoms with E-state index in [0.29, 0.717) is 0 Å². The van der Waals surface area contributed by atoms with Gasteiger partial charge in [-0.2, -0.15) is 0 Å². The Morgan fingerprint density at radius 1 is 0.353 bits per heavy atom. The van der Waals surface area contributed by atoms with Gasteiger partial charge in [-0.1, -0.05) is 24.3 Å². The zero-order valence-corrected chi connectivity index (χ0v) is 20.7. The predicted molar refractivity (Wildman–Crippen MR) is 146 cm³/mol. The molecule has 0 amide bonds. The zero-order chi connectivity index (χ0) is 23.7. The smallest absolute Gasteiger partial charge is 0.0656 e. The van der Waals surface area contributed by atoms with E-state index in [9.17, 15) is 0 Å². The number of anilines is 8. The molecular weight excluding hydrogens is 416 g/mol. The fourth-order valence-electron chi connectivity index (χ4n) is 5.40. The van der Waals surface area contributed by atoms with Crippen LogP contribution in [0.4, 0.5) is 45.5 Å². The summed E-state index contributed by atoms with van der Waals surface area (Å²) in [6.45, 7) is 4.30. The minimum absolute atomic E-state index is 1.22. The highest BCUT2D eigenvalue weighted by molar-refractivity contribution is 5.97.